The fourth-order valence-electron chi connectivity index (χ4n) is 5.18. The van der Waals surface area contributed by atoms with Gasteiger partial charge in [-0.1, -0.05) is 60.2 Å². The third kappa shape index (κ3) is 6.35. The third-order valence-corrected chi connectivity index (χ3v) is 7.40. The van der Waals surface area contributed by atoms with E-state index in [1.807, 2.05) is 116 Å². The van der Waals surface area contributed by atoms with Crippen LogP contribution in [0, 0.1) is 13.8 Å². The number of aryl methyl sites for hydroxylation is 2. The minimum Gasteiger partial charge on any atom is -0.491 e. The Morgan fingerprint density at radius 2 is 1.73 bits per heavy atom. The van der Waals surface area contributed by atoms with E-state index in [0.29, 0.717) is 31.2 Å². The lowest BCUT2D eigenvalue weighted by atomic mass is 10.1. The zero-order chi connectivity index (χ0) is 28.2. The molecule has 1 aliphatic heterocycles. The minimum absolute atomic E-state index is 0.0267. The molecule has 0 radical (unpaired) electrons. The first kappa shape index (κ1) is 26.4. The van der Waals surface area contributed by atoms with Crippen molar-refractivity contribution in [3.05, 3.63) is 114 Å². The Morgan fingerprint density at radius 3 is 2.54 bits per heavy atom. The molecule has 7 heteroatoms. The topological polar surface area (TPSA) is 76.8 Å². The number of rotatable bonds is 9. The van der Waals surface area contributed by atoms with Crippen LogP contribution in [0.4, 0.5) is 11.7 Å². The average molecular weight is 548 g/mol. The number of carbonyl (C=O) groups is 1. The summed E-state index contributed by atoms with van der Waals surface area (Å²) in [6, 6.07) is 31.7. The Hall–Kier alpha value is -4.78. The van der Waals surface area contributed by atoms with Gasteiger partial charge in [0.25, 0.3) is 6.01 Å². The molecule has 4 aromatic carbocycles. The number of oxazole rings is 1. The summed E-state index contributed by atoms with van der Waals surface area (Å²) in [6.07, 6.45) is 0.831. The standard InChI is InChI=1S/C34H33N3O4/c1-23-12-15-27(16-13-23)39-22-26-20-29(40-28-9-4-3-5-10-28)21-37(26)33(38)19-25-14-17-31-32(18-25)41-34(36-31)35-30-11-7-6-8-24(30)2/h3-18,26,29H,19-22H2,1-2H3,(H,35,36)/t26-,29-/m0/s1. The molecule has 1 N–H and O–H groups in total. The van der Waals surface area contributed by atoms with Crippen LogP contribution >= 0.6 is 0 Å². The van der Waals surface area contributed by atoms with Crippen LogP contribution in [0.3, 0.4) is 0 Å². The van der Waals surface area contributed by atoms with Gasteiger partial charge in [0, 0.05) is 12.1 Å². The molecular formula is C34H33N3O4. The van der Waals surface area contributed by atoms with Crippen molar-refractivity contribution < 1.29 is 18.7 Å². The molecule has 2 heterocycles. The highest BCUT2D eigenvalue weighted by molar-refractivity contribution is 5.82. The van der Waals surface area contributed by atoms with E-state index in [4.69, 9.17) is 13.9 Å². The summed E-state index contributed by atoms with van der Waals surface area (Å²) < 4.78 is 18.3. The zero-order valence-electron chi connectivity index (χ0n) is 23.2. The maximum Gasteiger partial charge on any atom is 0.300 e. The molecule has 41 heavy (non-hydrogen) atoms. The summed E-state index contributed by atoms with van der Waals surface area (Å²) in [5.41, 5.74) is 5.45. The van der Waals surface area contributed by atoms with Crippen molar-refractivity contribution in [2.24, 2.45) is 0 Å². The number of anilines is 2. The second kappa shape index (κ2) is 11.8. The number of carbonyl (C=O) groups excluding carboxylic acids is 1. The first-order valence-electron chi connectivity index (χ1n) is 13.9. The molecule has 0 unspecified atom stereocenters. The highest BCUT2D eigenvalue weighted by Crippen LogP contribution is 2.27. The Kier molecular flexibility index (Phi) is 7.58. The summed E-state index contributed by atoms with van der Waals surface area (Å²) in [5.74, 6) is 1.62. The van der Waals surface area contributed by atoms with Crippen LogP contribution in [0.25, 0.3) is 11.1 Å². The fraction of sp³-hybridized carbons (Fsp3) is 0.235. The molecule has 5 aromatic rings. The Bertz CT molecular complexity index is 1630. The number of nitrogens with one attached hydrogen (secondary N) is 1. The summed E-state index contributed by atoms with van der Waals surface area (Å²) >= 11 is 0. The molecule has 7 nitrogen and oxygen atoms in total. The van der Waals surface area contributed by atoms with E-state index in [1.165, 1.54) is 5.56 Å². The monoisotopic (exact) mass is 547 g/mol. The number of para-hydroxylation sites is 2. The van der Waals surface area contributed by atoms with E-state index in [9.17, 15) is 4.79 Å². The molecule has 0 bridgehead atoms. The van der Waals surface area contributed by atoms with Gasteiger partial charge >= 0.3 is 0 Å². The van der Waals surface area contributed by atoms with Crippen LogP contribution in [0.1, 0.15) is 23.1 Å². The maximum atomic E-state index is 13.7. The van der Waals surface area contributed by atoms with Crippen molar-refractivity contribution in [2.45, 2.75) is 38.8 Å². The summed E-state index contributed by atoms with van der Waals surface area (Å²) in [7, 11) is 0. The summed E-state index contributed by atoms with van der Waals surface area (Å²) in [5, 5.41) is 3.25. The number of hydrogen-bond acceptors (Lipinski definition) is 6. The van der Waals surface area contributed by atoms with Crippen molar-refractivity contribution in [1.82, 2.24) is 9.88 Å². The Morgan fingerprint density at radius 1 is 0.951 bits per heavy atom. The second-order valence-electron chi connectivity index (χ2n) is 10.6. The smallest absolute Gasteiger partial charge is 0.300 e. The number of fused-ring (bicyclic) bond motifs is 1. The summed E-state index contributed by atoms with van der Waals surface area (Å²) in [4.78, 5) is 20.1. The van der Waals surface area contributed by atoms with Crippen LogP contribution in [-0.4, -0.2) is 41.1 Å². The number of ether oxygens (including phenoxy) is 2. The Labute approximate surface area is 239 Å². The van der Waals surface area contributed by atoms with Gasteiger partial charge in [0.15, 0.2) is 5.58 Å². The molecule has 0 saturated carbocycles. The van der Waals surface area contributed by atoms with Gasteiger partial charge in [-0.2, -0.15) is 4.98 Å². The van der Waals surface area contributed by atoms with Crippen molar-refractivity contribution in [2.75, 3.05) is 18.5 Å². The van der Waals surface area contributed by atoms with Gasteiger partial charge in [0.1, 0.15) is 29.7 Å². The average Bonchev–Trinajstić information content (AvgIpc) is 3.57. The first-order valence-corrected chi connectivity index (χ1v) is 13.9. The van der Waals surface area contributed by atoms with E-state index in [1.54, 1.807) is 0 Å². The normalized spacial score (nSPS) is 16.6. The SMILES string of the molecule is Cc1ccc(OC[C@@H]2C[C@H](Oc3ccccc3)CN2C(=O)Cc2ccc3nc(Nc4ccccc4C)oc3c2)cc1. The number of likely N-dealkylation sites (tertiary alicyclic amines) is 1. The van der Waals surface area contributed by atoms with Crippen LogP contribution in [0.2, 0.25) is 0 Å². The first-order chi connectivity index (χ1) is 20.0. The van der Waals surface area contributed by atoms with Gasteiger partial charge in [-0.3, -0.25) is 4.79 Å². The van der Waals surface area contributed by atoms with Gasteiger partial charge in [0.2, 0.25) is 5.91 Å². The van der Waals surface area contributed by atoms with Crippen molar-refractivity contribution in [3.63, 3.8) is 0 Å². The van der Waals surface area contributed by atoms with E-state index in [0.717, 1.165) is 33.8 Å². The third-order valence-electron chi connectivity index (χ3n) is 7.40. The van der Waals surface area contributed by atoms with Crippen LogP contribution in [0.15, 0.2) is 101 Å². The second-order valence-corrected chi connectivity index (χ2v) is 10.6. The molecule has 0 aliphatic carbocycles. The van der Waals surface area contributed by atoms with Gasteiger partial charge in [-0.15, -0.1) is 0 Å². The fourth-order valence-corrected chi connectivity index (χ4v) is 5.18. The highest BCUT2D eigenvalue weighted by Gasteiger charge is 2.37. The van der Waals surface area contributed by atoms with Crippen LogP contribution in [0.5, 0.6) is 11.5 Å². The zero-order valence-corrected chi connectivity index (χ0v) is 23.2. The maximum absolute atomic E-state index is 13.7. The number of nitrogens with zero attached hydrogens (tertiary/aromatic N) is 2. The molecule has 1 fully saturated rings. The van der Waals surface area contributed by atoms with E-state index in [-0.39, 0.29) is 24.5 Å². The number of amides is 1. The molecule has 6 rings (SSSR count). The van der Waals surface area contributed by atoms with E-state index < -0.39 is 0 Å². The highest BCUT2D eigenvalue weighted by atomic mass is 16.5. The minimum atomic E-state index is -0.111. The van der Waals surface area contributed by atoms with Gasteiger partial charge in [-0.25, -0.2) is 0 Å². The molecule has 1 amide bonds. The largest absolute Gasteiger partial charge is 0.491 e. The lowest BCUT2D eigenvalue weighted by molar-refractivity contribution is -0.132. The molecule has 2 atom stereocenters. The lowest BCUT2D eigenvalue weighted by Gasteiger charge is -2.24. The number of benzene rings is 4. The van der Waals surface area contributed by atoms with Crippen molar-refractivity contribution in [3.8, 4) is 11.5 Å². The molecule has 1 aliphatic rings. The Balaban J connectivity index is 1.16. The molecule has 0 spiro atoms. The quantitative estimate of drug-likeness (QED) is 0.217. The van der Waals surface area contributed by atoms with Crippen molar-refractivity contribution in [1.29, 1.82) is 0 Å². The predicted octanol–water partition coefficient (Wildman–Crippen LogP) is 6.86. The van der Waals surface area contributed by atoms with E-state index >= 15 is 0 Å². The molecule has 1 saturated heterocycles. The van der Waals surface area contributed by atoms with E-state index in [2.05, 4.69) is 10.3 Å². The molecule has 208 valence electrons. The number of aromatic nitrogens is 1. The predicted molar refractivity (Wildman–Crippen MR) is 160 cm³/mol. The van der Waals surface area contributed by atoms with Crippen LogP contribution in [-0.2, 0) is 11.2 Å². The van der Waals surface area contributed by atoms with Gasteiger partial charge < -0.3 is 24.1 Å². The van der Waals surface area contributed by atoms with Crippen LogP contribution < -0.4 is 14.8 Å². The summed E-state index contributed by atoms with van der Waals surface area (Å²) in [6.45, 7) is 4.98. The molecule has 1 aromatic heterocycles. The lowest BCUT2D eigenvalue weighted by Crippen LogP contribution is -2.40. The van der Waals surface area contributed by atoms with Crippen molar-refractivity contribution >= 4 is 28.7 Å². The van der Waals surface area contributed by atoms with Gasteiger partial charge in [0.05, 0.1) is 19.0 Å². The number of hydrogen-bond donors (Lipinski definition) is 1. The van der Waals surface area contributed by atoms with Gasteiger partial charge in [-0.05, 0) is 67.4 Å². The molecular weight excluding hydrogens is 514 g/mol.